The molecule has 0 aliphatic heterocycles. The maximum atomic E-state index is 11.1. The van der Waals surface area contributed by atoms with Crippen molar-refractivity contribution in [3.8, 4) is 0 Å². The first kappa shape index (κ1) is 14.1. The molecule has 1 aromatic rings. The Morgan fingerprint density at radius 3 is 2.41 bits per heavy atom. The Hall–Kier alpha value is -0.940. The van der Waals surface area contributed by atoms with Gasteiger partial charge in [-0.05, 0) is 13.8 Å². The van der Waals surface area contributed by atoms with Crippen molar-refractivity contribution in [3.63, 3.8) is 0 Å². The molecule has 0 aliphatic carbocycles. The second-order valence-electron chi connectivity index (χ2n) is 5.74. The summed E-state index contributed by atoms with van der Waals surface area (Å²) in [5.41, 5.74) is 5.61. The molecule has 0 bridgehead atoms. The third-order valence-electron chi connectivity index (χ3n) is 2.52. The number of aromatic nitrogens is 1. The van der Waals surface area contributed by atoms with Crippen molar-refractivity contribution in [2.24, 2.45) is 5.73 Å². The van der Waals surface area contributed by atoms with Crippen LogP contribution in [-0.2, 0) is 16.8 Å². The average molecular weight is 255 g/mol. The van der Waals surface area contributed by atoms with Gasteiger partial charge in [-0.1, -0.05) is 20.8 Å². The lowest BCUT2D eigenvalue weighted by atomic mass is 9.98. The summed E-state index contributed by atoms with van der Waals surface area (Å²) in [6.45, 7) is 10.5. The van der Waals surface area contributed by atoms with Gasteiger partial charge in [-0.15, -0.1) is 11.3 Å². The van der Waals surface area contributed by atoms with E-state index >= 15 is 0 Å². The molecule has 1 aromatic heterocycles. The standard InChI is InChI=1S/C12H21N3OS/c1-11(2,3)10-15-8(7-17-10)6-14-12(4,5)9(13)16/h7,14H,6H2,1-5H3,(H2,13,16). The van der Waals surface area contributed by atoms with E-state index in [1.54, 1.807) is 25.2 Å². The van der Waals surface area contributed by atoms with Crippen molar-refractivity contribution >= 4 is 17.2 Å². The van der Waals surface area contributed by atoms with Gasteiger partial charge in [0, 0.05) is 17.3 Å². The molecular formula is C12H21N3OS. The zero-order chi connectivity index (χ0) is 13.3. The minimum absolute atomic E-state index is 0.0715. The van der Waals surface area contributed by atoms with Gasteiger partial charge >= 0.3 is 0 Å². The van der Waals surface area contributed by atoms with Gasteiger partial charge < -0.3 is 5.73 Å². The lowest BCUT2D eigenvalue weighted by Gasteiger charge is -2.21. The molecule has 4 nitrogen and oxygen atoms in total. The molecule has 0 saturated heterocycles. The maximum absolute atomic E-state index is 11.1. The second kappa shape index (κ2) is 4.74. The van der Waals surface area contributed by atoms with E-state index in [4.69, 9.17) is 5.73 Å². The van der Waals surface area contributed by atoms with E-state index in [0.717, 1.165) is 10.7 Å². The topological polar surface area (TPSA) is 68.0 Å². The van der Waals surface area contributed by atoms with E-state index in [2.05, 4.69) is 31.1 Å². The third kappa shape index (κ3) is 3.78. The summed E-state index contributed by atoms with van der Waals surface area (Å²) in [6, 6.07) is 0. The highest BCUT2D eigenvalue weighted by Gasteiger charge is 2.24. The number of rotatable bonds is 4. The second-order valence-corrected chi connectivity index (χ2v) is 6.59. The lowest BCUT2D eigenvalue weighted by molar-refractivity contribution is -0.123. The van der Waals surface area contributed by atoms with E-state index < -0.39 is 5.54 Å². The number of primary amides is 1. The highest BCUT2D eigenvalue weighted by atomic mass is 32.1. The van der Waals surface area contributed by atoms with E-state index in [0.29, 0.717) is 6.54 Å². The number of nitrogens with zero attached hydrogens (tertiary/aromatic N) is 1. The first-order chi connectivity index (χ1) is 7.63. The molecule has 5 heteroatoms. The van der Waals surface area contributed by atoms with Crippen molar-refractivity contribution in [3.05, 3.63) is 16.1 Å². The van der Waals surface area contributed by atoms with Crippen molar-refractivity contribution in [2.45, 2.75) is 52.1 Å². The van der Waals surface area contributed by atoms with Gasteiger partial charge in [0.05, 0.1) is 16.2 Å². The molecular weight excluding hydrogens is 234 g/mol. The predicted molar refractivity (Wildman–Crippen MR) is 70.9 cm³/mol. The zero-order valence-corrected chi connectivity index (χ0v) is 11.9. The van der Waals surface area contributed by atoms with E-state index in [1.807, 2.05) is 5.38 Å². The third-order valence-corrected chi connectivity index (χ3v) is 3.84. The van der Waals surface area contributed by atoms with Crippen LogP contribution in [0.2, 0.25) is 0 Å². The number of carbonyl (C=O) groups is 1. The lowest BCUT2D eigenvalue weighted by Crippen LogP contribution is -2.50. The molecule has 0 unspecified atom stereocenters. The Bertz CT molecular complexity index is 404. The Kier molecular flexibility index (Phi) is 3.94. The number of carbonyl (C=O) groups excluding carboxylic acids is 1. The summed E-state index contributed by atoms with van der Waals surface area (Å²) >= 11 is 1.65. The van der Waals surface area contributed by atoms with Gasteiger partial charge in [-0.3, -0.25) is 10.1 Å². The smallest absolute Gasteiger partial charge is 0.237 e. The summed E-state index contributed by atoms with van der Waals surface area (Å²) in [6.07, 6.45) is 0. The van der Waals surface area contributed by atoms with Crippen LogP contribution in [0.3, 0.4) is 0 Å². The summed E-state index contributed by atoms with van der Waals surface area (Å²) in [5.74, 6) is -0.358. The molecule has 1 rings (SSSR count). The predicted octanol–water partition coefficient (Wildman–Crippen LogP) is 1.79. The maximum Gasteiger partial charge on any atom is 0.237 e. The molecule has 0 spiro atoms. The summed E-state index contributed by atoms with van der Waals surface area (Å²) < 4.78 is 0. The highest BCUT2D eigenvalue weighted by Crippen LogP contribution is 2.25. The van der Waals surface area contributed by atoms with Crippen LogP contribution in [0.1, 0.15) is 45.3 Å². The van der Waals surface area contributed by atoms with Gasteiger partial charge in [-0.2, -0.15) is 0 Å². The van der Waals surface area contributed by atoms with Gasteiger partial charge in [-0.25, -0.2) is 4.98 Å². The molecule has 0 fully saturated rings. The van der Waals surface area contributed by atoms with Gasteiger partial charge in [0.25, 0.3) is 0 Å². The van der Waals surface area contributed by atoms with Gasteiger partial charge in [0.2, 0.25) is 5.91 Å². The van der Waals surface area contributed by atoms with Gasteiger partial charge in [0.15, 0.2) is 0 Å². The number of hydrogen-bond donors (Lipinski definition) is 2. The molecule has 0 atom stereocenters. The molecule has 1 amide bonds. The average Bonchev–Trinajstić information content (AvgIpc) is 2.62. The van der Waals surface area contributed by atoms with E-state index in [1.165, 1.54) is 0 Å². The van der Waals surface area contributed by atoms with Crippen molar-refractivity contribution in [1.82, 2.24) is 10.3 Å². The molecule has 0 radical (unpaired) electrons. The Morgan fingerprint density at radius 1 is 1.41 bits per heavy atom. The summed E-state index contributed by atoms with van der Waals surface area (Å²) in [4.78, 5) is 15.7. The van der Waals surface area contributed by atoms with Crippen LogP contribution in [0.15, 0.2) is 5.38 Å². The van der Waals surface area contributed by atoms with Gasteiger partial charge in [0.1, 0.15) is 0 Å². The van der Waals surface area contributed by atoms with Crippen LogP contribution in [0.25, 0.3) is 0 Å². The fourth-order valence-corrected chi connectivity index (χ4v) is 2.04. The molecule has 0 aliphatic rings. The monoisotopic (exact) mass is 255 g/mol. The largest absolute Gasteiger partial charge is 0.368 e. The van der Waals surface area contributed by atoms with Crippen LogP contribution in [0.4, 0.5) is 0 Å². The molecule has 3 N–H and O–H groups in total. The summed E-state index contributed by atoms with van der Waals surface area (Å²) in [5, 5.41) is 6.23. The molecule has 0 saturated carbocycles. The first-order valence-corrected chi connectivity index (χ1v) is 6.51. The van der Waals surface area contributed by atoms with Crippen LogP contribution in [0.5, 0.6) is 0 Å². The summed E-state index contributed by atoms with van der Waals surface area (Å²) in [7, 11) is 0. The van der Waals surface area contributed by atoms with Crippen molar-refractivity contribution in [1.29, 1.82) is 0 Å². The minimum Gasteiger partial charge on any atom is -0.368 e. The number of nitrogens with two attached hydrogens (primary N) is 1. The highest BCUT2D eigenvalue weighted by molar-refractivity contribution is 7.09. The SMILES string of the molecule is CC(C)(NCc1csc(C(C)(C)C)n1)C(N)=O. The number of hydrogen-bond acceptors (Lipinski definition) is 4. The van der Waals surface area contributed by atoms with Crippen molar-refractivity contribution < 1.29 is 4.79 Å². The Balaban J connectivity index is 2.66. The van der Waals surface area contributed by atoms with E-state index in [-0.39, 0.29) is 11.3 Å². The normalized spacial score (nSPS) is 12.8. The minimum atomic E-state index is -0.703. The molecule has 17 heavy (non-hydrogen) atoms. The number of thiazole rings is 1. The Labute approximate surface area is 107 Å². The van der Waals surface area contributed by atoms with Crippen LogP contribution >= 0.6 is 11.3 Å². The first-order valence-electron chi connectivity index (χ1n) is 5.63. The fourth-order valence-electron chi connectivity index (χ4n) is 1.13. The zero-order valence-electron chi connectivity index (χ0n) is 11.1. The van der Waals surface area contributed by atoms with Crippen LogP contribution in [0, 0.1) is 0 Å². The van der Waals surface area contributed by atoms with Crippen LogP contribution in [-0.4, -0.2) is 16.4 Å². The molecule has 0 aromatic carbocycles. The van der Waals surface area contributed by atoms with Crippen molar-refractivity contribution in [2.75, 3.05) is 0 Å². The molecule has 96 valence electrons. The quantitative estimate of drug-likeness (QED) is 0.862. The number of amides is 1. The Morgan fingerprint density at radius 2 is 2.00 bits per heavy atom. The van der Waals surface area contributed by atoms with E-state index in [9.17, 15) is 4.79 Å². The fraction of sp³-hybridized carbons (Fsp3) is 0.667. The van der Waals surface area contributed by atoms with Crippen LogP contribution < -0.4 is 11.1 Å². The number of nitrogens with one attached hydrogen (secondary N) is 1. The molecule has 1 heterocycles.